The van der Waals surface area contributed by atoms with Gasteiger partial charge in [0.2, 0.25) is 17.5 Å². The summed E-state index contributed by atoms with van der Waals surface area (Å²) in [6.07, 6.45) is 9.69. The molecule has 4 saturated heterocycles. The maximum atomic E-state index is 14.7. The van der Waals surface area contributed by atoms with E-state index in [9.17, 15) is 9.18 Å². The predicted molar refractivity (Wildman–Crippen MR) is 168 cm³/mol. The van der Waals surface area contributed by atoms with Gasteiger partial charge < -0.3 is 23.5 Å². The molecule has 0 amide bonds. The molecule has 3 aromatic rings. The van der Waals surface area contributed by atoms with Gasteiger partial charge in [-0.15, -0.1) is 0 Å². The van der Waals surface area contributed by atoms with Crippen molar-refractivity contribution in [2.24, 2.45) is 0 Å². The van der Waals surface area contributed by atoms with Gasteiger partial charge in [-0.1, -0.05) is 11.6 Å². The van der Waals surface area contributed by atoms with Gasteiger partial charge in [-0.05, 0) is 71.3 Å². The molecule has 1 saturated carbocycles. The average Bonchev–Trinajstić information content (AvgIpc) is 3.90. The van der Waals surface area contributed by atoms with E-state index in [4.69, 9.17) is 38.6 Å². The second-order valence-corrected chi connectivity index (χ2v) is 14.6. The predicted octanol–water partition coefficient (Wildman–Crippen LogP) is 4.47. The highest BCUT2D eigenvalue weighted by Crippen LogP contribution is 2.57. The summed E-state index contributed by atoms with van der Waals surface area (Å²) in [5, 5.41) is 4.75. The number of imidazole rings is 1. The molecule has 9 rings (SSSR count). The first-order valence-corrected chi connectivity index (χ1v) is 17.9. The molecule has 13 heteroatoms. The van der Waals surface area contributed by atoms with E-state index in [1.807, 2.05) is 6.92 Å². The number of alkyl halides is 1. The topological polar surface area (TPSA) is 119 Å². The zero-order valence-electron chi connectivity index (χ0n) is 27.3. The van der Waals surface area contributed by atoms with Gasteiger partial charge >= 0.3 is 5.69 Å². The molecule has 3 aromatic heterocycles. The number of aryl methyl sites for hydroxylation is 1. The standard InChI is InChI=1S/C34H45FN6O6/c1-2-40-25-29(41(31(40)42)23-8-6-15-43-20-23)36-28(37-30(25)44-21-32-10-7-14-39(32)19-22(35)18-32)26-24-9-5-12-33(27(24)38-47-26)11-3-4-13-34(33)45-16-17-46-34/h22-23H,2-21H2,1H3/t22-,23-,32+,33+/m1/s1. The van der Waals surface area contributed by atoms with Gasteiger partial charge in [0.1, 0.15) is 12.8 Å². The molecular formula is C34H45FN6O6. The molecule has 0 radical (unpaired) electrons. The lowest BCUT2D eigenvalue weighted by Gasteiger charge is -2.50. The van der Waals surface area contributed by atoms with Gasteiger partial charge in [-0.3, -0.25) is 14.0 Å². The van der Waals surface area contributed by atoms with Crippen LogP contribution in [0.15, 0.2) is 9.32 Å². The number of nitrogens with zero attached hydrogens (tertiary/aromatic N) is 6. The van der Waals surface area contributed by atoms with Gasteiger partial charge in [0, 0.05) is 38.1 Å². The van der Waals surface area contributed by atoms with Crippen LogP contribution in [0.2, 0.25) is 0 Å². The second-order valence-electron chi connectivity index (χ2n) is 14.6. The SMILES string of the molecule is CCn1c(=O)n([C@@H]2CCCOC2)c2nc(-c3onc4c3CCC[C@@]43CCCCC34OCCO4)nc(OC[C@@]34CCCN3C[C@H](F)C4)c21. The molecule has 47 heavy (non-hydrogen) atoms. The highest BCUT2D eigenvalue weighted by Gasteiger charge is 2.61. The van der Waals surface area contributed by atoms with Crippen LogP contribution in [0.3, 0.4) is 0 Å². The van der Waals surface area contributed by atoms with Crippen molar-refractivity contribution in [1.82, 2.24) is 29.2 Å². The summed E-state index contributed by atoms with van der Waals surface area (Å²) in [6.45, 7) is 6.27. The first-order valence-electron chi connectivity index (χ1n) is 17.9. The Balaban J connectivity index is 1.19. The van der Waals surface area contributed by atoms with Crippen molar-refractivity contribution in [3.8, 4) is 17.5 Å². The minimum atomic E-state index is -0.870. The van der Waals surface area contributed by atoms with E-state index in [-0.39, 0.29) is 22.7 Å². The monoisotopic (exact) mass is 652 g/mol. The van der Waals surface area contributed by atoms with Crippen LogP contribution in [0, 0.1) is 0 Å². The minimum absolute atomic E-state index is 0.154. The van der Waals surface area contributed by atoms with Crippen LogP contribution in [-0.4, -0.2) is 92.8 Å². The Bertz CT molecular complexity index is 1730. The van der Waals surface area contributed by atoms with Crippen molar-refractivity contribution >= 4 is 11.2 Å². The quantitative estimate of drug-likeness (QED) is 0.378. The molecule has 4 aliphatic heterocycles. The highest BCUT2D eigenvalue weighted by atomic mass is 19.1. The number of fused-ring (bicyclic) bond motifs is 5. The molecular weight excluding hydrogens is 607 g/mol. The molecule has 0 N–H and O–H groups in total. The Hall–Kier alpha value is -2.87. The lowest BCUT2D eigenvalue weighted by molar-refractivity contribution is -0.231. The Morgan fingerprint density at radius 2 is 1.87 bits per heavy atom. The van der Waals surface area contributed by atoms with Crippen LogP contribution in [0.5, 0.6) is 5.88 Å². The zero-order valence-corrected chi connectivity index (χ0v) is 27.3. The Labute approximate surface area is 272 Å². The molecule has 6 aliphatic rings. The third-order valence-corrected chi connectivity index (χ3v) is 12.1. The summed E-state index contributed by atoms with van der Waals surface area (Å²) in [7, 11) is 0. The maximum absolute atomic E-state index is 14.7. The summed E-state index contributed by atoms with van der Waals surface area (Å²) in [4.78, 5) is 26.4. The van der Waals surface area contributed by atoms with E-state index in [1.54, 1.807) is 9.13 Å². The van der Waals surface area contributed by atoms with Crippen LogP contribution in [-0.2, 0) is 32.6 Å². The van der Waals surface area contributed by atoms with Gasteiger partial charge in [0.15, 0.2) is 17.0 Å². The summed E-state index contributed by atoms with van der Waals surface area (Å²) in [5.74, 6) is 0.508. The van der Waals surface area contributed by atoms with E-state index in [1.165, 1.54) is 0 Å². The smallest absolute Gasteiger partial charge is 0.330 e. The highest BCUT2D eigenvalue weighted by molar-refractivity contribution is 5.80. The molecule has 0 bridgehead atoms. The van der Waals surface area contributed by atoms with Crippen molar-refractivity contribution in [1.29, 1.82) is 0 Å². The van der Waals surface area contributed by atoms with Crippen molar-refractivity contribution in [3.05, 3.63) is 21.7 Å². The lowest BCUT2D eigenvalue weighted by Crippen LogP contribution is -2.56. The molecule has 12 nitrogen and oxygen atoms in total. The lowest BCUT2D eigenvalue weighted by atomic mass is 9.61. The first-order chi connectivity index (χ1) is 23.0. The Morgan fingerprint density at radius 1 is 1.02 bits per heavy atom. The molecule has 2 spiro atoms. The number of rotatable bonds is 6. The number of hydrogen-bond donors (Lipinski definition) is 0. The molecule has 4 atom stereocenters. The summed E-state index contributed by atoms with van der Waals surface area (Å²) < 4.78 is 49.7. The van der Waals surface area contributed by atoms with E-state index < -0.39 is 12.0 Å². The van der Waals surface area contributed by atoms with Crippen LogP contribution >= 0.6 is 0 Å². The molecule has 2 aliphatic carbocycles. The van der Waals surface area contributed by atoms with Crippen LogP contribution in [0.25, 0.3) is 22.7 Å². The number of aromatic nitrogens is 5. The number of ether oxygens (including phenoxy) is 4. The first kappa shape index (κ1) is 30.2. The van der Waals surface area contributed by atoms with Crippen LogP contribution < -0.4 is 10.4 Å². The van der Waals surface area contributed by atoms with Crippen LogP contribution in [0.4, 0.5) is 4.39 Å². The number of halogens is 1. The third-order valence-electron chi connectivity index (χ3n) is 12.1. The molecule has 0 unspecified atom stereocenters. The normalized spacial score (nSPS) is 32.0. The van der Waals surface area contributed by atoms with Crippen molar-refractivity contribution in [2.75, 3.05) is 46.1 Å². The second kappa shape index (κ2) is 11.3. The van der Waals surface area contributed by atoms with Gasteiger partial charge in [-0.25, -0.2) is 14.2 Å². The third kappa shape index (κ3) is 4.44. The summed E-state index contributed by atoms with van der Waals surface area (Å²) in [6, 6.07) is -0.154. The van der Waals surface area contributed by atoms with E-state index in [0.29, 0.717) is 81.2 Å². The van der Waals surface area contributed by atoms with E-state index >= 15 is 0 Å². The number of hydrogen-bond acceptors (Lipinski definition) is 10. The molecule has 5 fully saturated rings. The fraction of sp³-hybridized carbons (Fsp3) is 0.765. The average molecular weight is 653 g/mol. The Kier molecular flexibility index (Phi) is 7.29. The molecule has 0 aromatic carbocycles. The maximum Gasteiger partial charge on any atom is 0.330 e. The van der Waals surface area contributed by atoms with Gasteiger partial charge in [0.05, 0.1) is 42.5 Å². The van der Waals surface area contributed by atoms with Crippen molar-refractivity contribution in [3.63, 3.8) is 0 Å². The van der Waals surface area contributed by atoms with Crippen LogP contribution in [0.1, 0.15) is 94.9 Å². The zero-order chi connectivity index (χ0) is 31.8. The van der Waals surface area contributed by atoms with E-state index in [2.05, 4.69) is 4.90 Å². The van der Waals surface area contributed by atoms with Crippen molar-refractivity contribution in [2.45, 2.75) is 119 Å². The van der Waals surface area contributed by atoms with E-state index in [0.717, 1.165) is 88.4 Å². The summed E-state index contributed by atoms with van der Waals surface area (Å²) in [5.41, 5.74) is 2.05. The van der Waals surface area contributed by atoms with Crippen molar-refractivity contribution < 1.29 is 27.9 Å². The fourth-order valence-corrected chi connectivity index (χ4v) is 10.0. The summed E-state index contributed by atoms with van der Waals surface area (Å²) >= 11 is 0. The van der Waals surface area contributed by atoms with Gasteiger partial charge in [0.25, 0.3) is 0 Å². The molecule has 254 valence electrons. The molecule has 7 heterocycles. The van der Waals surface area contributed by atoms with Gasteiger partial charge in [-0.2, -0.15) is 4.98 Å². The minimum Gasteiger partial charge on any atom is -0.474 e. The fourth-order valence-electron chi connectivity index (χ4n) is 10.0. The largest absolute Gasteiger partial charge is 0.474 e. The Morgan fingerprint density at radius 3 is 2.70 bits per heavy atom.